The molecule has 1 saturated carbocycles. The molecule has 0 aromatic heterocycles. The van der Waals surface area contributed by atoms with Crippen molar-refractivity contribution in [3.63, 3.8) is 0 Å². The van der Waals surface area contributed by atoms with E-state index in [1.165, 1.54) is 4.90 Å². The smallest absolute Gasteiger partial charge is 0.236 e. The lowest BCUT2D eigenvalue weighted by atomic mass is 9.96. The molecule has 2 atom stereocenters. The van der Waals surface area contributed by atoms with E-state index in [1.54, 1.807) is 0 Å². The lowest BCUT2D eigenvalue weighted by molar-refractivity contribution is -0.132. The minimum absolute atomic E-state index is 0.00702. The van der Waals surface area contributed by atoms with Gasteiger partial charge in [0, 0.05) is 17.4 Å². The zero-order valence-corrected chi connectivity index (χ0v) is 12.1. The summed E-state index contributed by atoms with van der Waals surface area (Å²) in [5, 5.41) is 0. The van der Waals surface area contributed by atoms with Gasteiger partial charge in [0.15, 0.2) is 0 Å². The molecule has 1 aliphatic carbocycles. The van der Waals surface area contributed by atoms with E-state index in [-0.39, 0.29) is 30.2 Å². The summed E-state index contributed by atoms with van der Waals surface area (Å²) in [5.74, 6) is 5.71. The second-order valence-corrected chi connectivity index (χ2v) is 5.72. The number of imide groups is 1. The number of nitrogens with two attached hydrogens (primary N) is 1. The molecule has 4 nitrogen and oxygen atoms in total. The molecule has 2 amide bonds. The molecule has 0 radical (unpaired) electrons. The van der Waals surface area contributed by atoms with Crippen LogP contribution in [0.15, 0.2) is 18.2 Å². The second-order valence-electron chi connectivity index (χ2n) is 5.72. The van der Waals surface area contributed by atoms with Gasteiger partial charge in [-0.15, -0.1) is 0 Å². The molecule has 1 heterocycles. The van der Waals surface area contributed by atoms with E-state index in [1.807, 2.05) is 25.1 Å². The standard InChI is InChI=1S/C17H18N2O2/c1-11-4-7-15(10-12(11)3-2-8-18)19-16(20)13-5-6-14(9-13)17(19)21/h4,7,10,13-14H,5-6,8-9,18H2,1H3. The Bertz CT molecular complexity index is 647. The summed E-state index contributed by atoms with van der Waals surface area (Å²) in [6.07, 6.45) is 2.38. The van der Waals surface area contributed by atoms with Gasteiger partial charge in [-0.25, -0.2) is 0 Å². The summed E-state index contributed by atoms with van der Waals surface area (Å²) in [4.78, 5) is 26.3. The van der Waals surface area contributed by atoms with Crippen LogP contribution >= 0.6 is 0 Å². The topological polar surface area (TPSA) is 63.4 Å². The van der Waals surface area contributed by atoms with E-state index in [0.717, 1.165) is 30.4 Å². The van der Waals surface area contributed by atoms with Crippen LogP contribution in [0, 0.1) is 30.6 Å². The number of fused-ring (bicyclic) bond motifs is 2. The van der Waals surface area contributed by atoms with E-state index in [2.05, 4.69) is 11.8 Å². The highest BCUT2D eigenvalue weighted by Gasteiger charge is 2.45. The number of nitrogens with zero attached hydrogens (tertiary/aromatic N) is 1. The van der Waals surface area contributed by atoms with Gasteiger partial charge in [0.2, 0.25) is 11.8 Å². The van der Waals surface area contributed by atoms with Crippen molar-refractivity contribution in [3.8, 4) is 11.8 Å². The number of amides is 2. The molecular formula is C17H18N2O2. The number of rotatable bonds is 1. The Balaban J connectivity index is 2.00. The Morgan fingerprint density at radius 1 is 1.24 bits per heavy atom. The van der Waals surface area contributed by atoms with Crippen molar-refractivity contribution in [2.45, 2.75) is 26.2 Å². The van der Waals surface area contributed by atoms with Gasteiger partial charge in [0.1, 0.15) is 0 Å². The number of hydrogen-bond donors (Lipinski definition) is 1. The van der Waals surface area contributed by atoms with Gasteiger partial charge in [0.05, 0.1) is 12.2 Å². The molecule has 2 aliphatic rings. The molecule has 1 saturated heterocycles. The van der Waals surface area contributed by atoms with Gasteiger partial charge in [-0.05, 0) is 43.9 Å². The normalized spacial score (nSPS) is 24.0. The highest BCUT2D eigenvalue weighted by atomic mass is 16.2. The predicted octanol–water partition coefficient (Wildman–Crippen LogP) is 1.59. The summed E-state index contributed by atoms with van der Waals surface area (Å²) in [6.45, 7) is 2.24. The second kappa shape index (κ2) is 5.34. The predicted molar refractivity (Wildman–Crippen MR) is 80.4 cm³/mol. The monoisotopic (exact) mass is 282 g/mol. The van der Waals surface area contributed by atoms with Crippen molar-refractivity contribution in [1.29, 1.82) is 0 Å². The van der Waals surface area contributed by atoms with Gasteiger partial charge in [0.25, 0.3) is 0 Å². The van der Waals surface area contributed by atoms with Crippen LogP contribution in [0.3, 0.4) is 0 Å². The maximum absolute atomic E-state index is 12.5. The Kier molecular flexibility index (Phi) is 3.52. The maximum atomic E-state index is 12.5. The van der Waals surface area contributed by atoms with Crippen molar-refractivity contribution in [2.75, 3.05) is 11.4 Å². The molecule has 4 heteroatoms. The third-order valence-electron chi connectivity index (χ3n) is 4.38. The maximum Gasteiger partial charge on any atom is 0.236 e. The Morgan fingerprint density at radius 2 is 1.90 bits per heavy atom. The number of piperidine rings is 1. The van der Waals surface area contributed by atoms with Crippen LogP contribution in [-0.2, 0) is 9.59 Å². The number of benzene rings is 1. The average Bonchev–Trinajstić information content (AvgIpc) is 2.93. The van der Waals surface area contributed by atoms with Crippen molar-refractivity contribution in [3.05, 3.63) is 29.3 Å². The van der Waals surface area contributed by atoms with Crippen LogP contribution in [-0.4, -0.2) is 18.4 Å². The number of carbonyl (C=O) groups is 2. The van der Waals surface area contributed by atoms with E-state index in [9.17, 15) is 9.59 Å². The van der Waals surface area contributed by atoms with Crippen LogP contribution in [0.25, 0.3) is 0 Å². The lowest BCUT2D eigenvalue weighted by Gasteiger charge is -2.29. The summed E-state index contributed by atoms with van der Waals surface area (Å²) < 4.78 is 0. The SMILES string of the molecule is Cc1ccc(N2C(=O)C3CCC(C3)C2=O)cc1C#CCN. The zero-order chi connectivity index (χ0) is 15.0. The first-order chi connectivity index (χ1) is 10.1. The van der Waals surface area contributed by atoms with Crippen molar-refractivity contribution in [2.24, 2.45) is 17.6 Å². The minimum atomic E-state index is -0.0599. The molecule has 0 spiro atoms. The third kappa shape index (κ3) is 2.34. The zero-order valence-electron chi connectivity index (χ0n) is 12.1. The molecule has 21 heavy (non-hydrogen) atoms. The summed E-state index contributed by atoms with van der Waals surface area (Å²) >= 11 is 0. The van der Waals surface area contributed by atoms with Crippen LogP contribution in [0.4, 0.5) is 5.69 Å². The van der Waals surface area contributed by atoms with Crippen LogP contribution < -0.4 is 10.6 Å². The molecule has 3 rings (SSSR count). The summed E-state index contributed by atoms with van der Waals surface area (Å²) in [6, 6.07) is 5.54. The molecule has 2 unspecified atom stereocenters. The van der Waals surface area contributed by atoms with Crippen molar-refractivity contribution >= 4 is 17.5 Å². The molecule has 2 N–H and O–H groups in total. The van der Waals surface area contributed by atoms with Gasteiger partial charge >= 0.3 is 0 Å². The highest BCUT2D eigenvalue weighted by molar-refractivity contribution is 6.18. The molecule has 2 bridgehead atoms. The highest BCUT2D eigenvalue weighted by Crippen LogP contribution is 2.40. The molecule has 1 aromatic rings. The Morgan fingerprint density at radius 3 is 2.52 bits per heavy atom. The number of aryl methyl sites for hydroxylation is 1. The van der Waals surface area contributed by atoms with Crippen molar-refractivity contribution < 1.29 is 9.59 Å². The summed E-state index contributed by atoms with van der Waals surface area (Å²) in [7, 11) is 0. The Labute approximate surface area is 124 Å². The van der Waals surface area contributed by atoms with Gasteiger partial charge in [-0.2, -0.15) is 0 Å². The number of hydrogen-bond acceptors (Lipinski definition) is 3. The average molecular weight is 282 g/mol. The van der Waals surface area contributed by atoms with Crippen LogP contribution in [0.2, 0.25) is 0 Å². The van der Waals surface area contributed by atoms with E-state index in [4.69, 9.17) is 5.73 Å². The molecular weight excluding hydrogens is 264 g/mol. The molecule has 108 valence electrons. The largest absolute Gasteiger partial charge is 0.320 e. The fraction of sp³-hybridized carbons (Fsp3) is 0.412. The van der Waals surface area contributed by atoms with Gasteiger partial charge in [-0.1, -0.05) is 17.9 Å². The number of carbonyl (C=O) groups excluding carboxylic acids is 2. The van der Waals surface area contributed by atoms with E-state index < -0.39 is 0 Å². The fourth-order valence-corrected chi connectivity index (χ4v) is 3.19. The lowest BCUT2D eigenvalue weighted by Crippen LogP contribution is -2.46. The first kappa shape index (κ1) is 13.8. The Hall–Kier alpha value is -2.12. The quantitative estimate of drug-likeness (QED) is 0.628. The molecule has 1 aromatic carbocycles. The van der Waals surface area contributed by atoms with Gasteiger partial charge in [-0.3, -0.25) is 14.5 Å². The van der Waals surface area contributed by atoms with Crippen LogP contribution in [0.5, 0.6) is 0 Å². The molecule has 1 aliphatic heterocycles. The van der Waals surface area contributed by atoms with Gasteiger partial charge < -0.3 is 5.73 Å². The van der Waals surface area contributed by atoms with E-state index in [0.29, 0.717) is 5.69 Å². The van der Waals surface area contributed by atoms with Crippen molar-refractivity contribution in [1.82, 2.24) is 0 Å². The minimum Gasteiger partial charge on any atom is -0.320 e. The van der Waals surface area contributed by atoms with Crippen LogP contribution in [0.1, 0.15) is 30.4 Å². The molecule has 2 fully saturated rings. The number of anilines is 1. The fourth-order valence-electron chi connectivity index (χ4n) is 3.19. The first-order valence-corrected chi connectivity index (χ1v) is 7.29. The van der Waals surface area contributed by atoms with E-state index >= 15 is 0 Å². The summed E-state index contributed by atoms with van der Waals surface area (Å²) in [5.41, 5.74) is 7.87. The first-order valence-electron chi connectivity index (χ1n) is 7.29. The third-order valence-corrected chi connectivity index (χ3v) is 4.38.